The van der Waals surface area contributed by atoms with Gasteiger partial charge in [0.05, 0.1) is 35.3 Å². The van der Waals surface area contributed by atoms with Crippen molar-refractivity contribution >= 4 is 26.0 Å². The van der Waals surface area contributed by atoms with Crippen LogP contribution >= 0.6 is 15.9 Å². The van der Waals surface area contributed by atoms with E-state index in [0.29, 0.717) is 21.4 Å². The van der Waals surface area contributed by atoms with Crippen LogP contribution in [0.3, 0.4) is 0 Å². The van der Waals surface area contributed by atoms with E-state index in [4.69, 9.17) is 0 Å². The van der Waals surface area contributed by atoms with Crippen LogP contribution in [0, 0.1) is 0 Å². The van der Waals surface area contributed by atoms with Gasteiger partial charge in [-0.2, -0.15) is 23.3 Å². The SMILES string of the molecule is CCn1ncc(Br)c1CN(C)S(=O)(=O)c1cnn(C(F)F)c1. The molecule has 0 bridgehead atoms. The van der Waals surface area contributed by atoms with Crippen LogP contribution in [0.4, 0.5) is 8.78 Å². The minimum atomic E-state index is -3.91. The Morgan fingerprint density at radius 2 is 2.05 bits per heavy atom. The normalized spacial score (nSPS) is 12.5. The number of aryl methyl sites for hydroxylation is 1. The smallest absolute Gasteiger partial charge is 0.267 e. The van der Waals surface area contributed by atoms with Crippen LogP contribution in [-0.4, -0.2) is 39.3 Å². The number of nitrogens with zero attached hydrogens (tertiary/aromatic N) is 5. The molecule has 0 aliphatic rings. The van der Waals surface area contributed by atoms with Crippen LogP contribution in [0.1, 0.15) is 19.2 Å². The molecule has 0 amide bonds. The highest BCUT2D eigenvalue weighted by Gasteiger charge is 2.25. The number of rotatable bonds is 6. The fraction of sp³-hybridized carbons (Fsp3) is 0.455. The summed E-state index contributed by atoms with van der Waals surface area (Å²) in [7, 11) is -2.55. The molecule has 122 valence electrons. The first-order chi connectivity index (χ1) is 10.3. The van der Waals surface area contributed by atoms with Crippen molar-refractivity contribution in [1.29, 1.82) is 0 Å². The first-order valence-corrected chi connectivity index (χ1v) is 8.49. The average Bonchev–Trinajstić information content (AvgIpc) is 3.07. The third-order valence-corrected chi connectivity index (χ3v) is 5.47. The van der Waals surface area contributed by atoms with Gasteiger partial charge in [-0.05, 0) is 22.9 Å². The van der Waals surface area contributed by atoms with Crippen molar-refractivity contribution in [2.45, 2.75) is 31.5 Å². The van der Waals surface area contributed by atoms with Crippen LogP contribution in [0.25, 0.3) is 0 Å². The summed E-state index contributed by atoms with van der Waals surface area (Å²) in [6.07, 6.45) is 3.29. The highest BCUT2D eigenvalue weighted by Crippen LogP contribution is 2.22. The monoisotopic (exact) mass is 397 g/mol. The first-order valence-electron chi connectivity index (χ1n) is 6.26. The van der Waals surface area contributed by atoms with E-state index in [0.717, 1.165) is 16.7 Å². The number of hydrogen-bond acceptors (Lipinski definition) is 4. The third-order valence-electron chi connectivity index (χ3n) is 3.06. The van der Waals surface area contributed by atoms with Crippen LogP contribution in [0.15, 0.2) is 28.0 Å². The van der Waals surface area contributed by atoms with Crippen LogP contribution in [0.2, 0.25) is 0 Å². The molecule has 11 heteroatoms. The number of halogens is 3. The van der Waals surface area contributed by atoms with E-state index in [1.165, 1.54) is 7.05 Å². The Hall–Kier alpha value is -1.33. The molecular formula is C11H14BrF2N5O2S. The minimum absolute atomic E-state index is 0.0522. The highest BCUT2D eigenvalue weighted by atomic mass is 79.9. The number of sulfonamides is 1. The van der Waals surface area contributed by atoms with Crippen molar-refractivity contribution in [2.24, 2.45) is 0 Å². The third kappa shape index (κ3) is 3.20. The van der Waals surface area contributed by atoms with E-state index in [1.807, 2.05) is 6.92 Å². The van der Waals surface area contributed by atoms with Gasteiger partial charge in [-0.25, -0.2) is 13.1 Å². The van der Waals surface area contributed by atoms with Gasteiger partial charge in [-0.3, -0.25) is 4.68 Å². The molecule has 0 spiro atoms. The summed E-state index contributed by atoms with van der Waals surface area (Å²) in [5.41, 5.74) is 0.676. The second kappa shape index (κ2) is 6.42. The standard InChI is InChI=1S/C11H14BrF2N5O2S/c1-3-18-10(9(12)5-16-18)7-17(2)22(20,21)8-4-15-19(6-8)11(13)14/h4-6,11H,3,7H2,1-2H3. The van der Waals surface area contributed by atoms with Gasteiger partial charge in [0, 0.05) is 13.6 Å². The Bertz CT molecular complexity index is 758. The van der Waals surface area contributed by atoms with E-state index in [1.54, 1.807) is 10.9 Å². The highest BCUT2D eigenvalue weighted by molar-refractivity contribution is 9.10. The maximum atomic E-state index is 12.5. The molecule has 0 radical (unpaired) electrons. The second-order valence-corrected chi connectivity index (χ2v) is 7.35. The Morgan fingerprint density at radius 1 is 1.36 bits per heavy atom. The molecule has 0 aromatic carbocycles. The molecular weight excluding hydrogens is 384 g/mol. The molecule has 0 saturated heterocycles. The number of hydrogen-bond donors (Lipinski definition) is 0. The summed E-state index contributed by atoms with van der Waals surface area (Å²) >= 11 is 3.31. The van der Waals surface area contributed by atoms with Gasteiger partial charge < -0.3 is 0 Å². The maximum Gasteiger partial charge on any atom is 0.333 e. The van der Waals surface area contributed by atoms with Gasteiger partial charge in [0.15, 0.2) is 0 Å². The Kier molecular flexibility index (Phi) is 4.97. The number of alkyl halides is 2. The lowest BCUT2D eigenvalue weighted by atomic mass is 10.4. The zero-order valence-electron chi connectivity index (χ0n) is 11.8. The quantitative estimate of drug-likeness (QED) is 0.747. The summed E-state index contributed by atoms with van der Waals surface area (Å²) in [4.78, 5) is -0.283. The molecule has 0 aliphatic heterocycles. The number of aromatic nitrogens is 4. The van der Waals surface area contributed by atoms with E-state index in [-0.39, 0.29) is 11.4 Å². The summed E-state index contributed by atoms with van der Waals surface area (Å²) in [6.45, 7) is -0.372. The van der Waals surface area contributed by atoms with Crippen molar-refractivity contribution in [3.05, 3.63) is 28.8 Å². The Morgan fingerprint density at radius 3 is 2.59 bits per heavy atom. The second-order valence-electron chi connectivity index (χ2n) is 4.45. The zero-order valence-corrected chi connectivity index (χ0v) is 14.2. The summed E-state index contributed by atoms with van der Waals surface area (Å²) in [6, 6.07) is 0. The topological polar surface area (TPSA) is 73.0 Å². The molecule has 0 saturated carbocycles. The molecule has 0 atom stereocenters. The Balaban J connectivity index is 2.26. The summed E-state index contributed by atoms with van der Waals surface area (Å²) in [5, 5.41) is 7.45. The van der Waals surface area contributed by atoms with Crippen molar-refractivity contribution in [3.8, 4) is 0 Å². The van der Waals surface area contributed by atoms with Crippen LogP contribution < -0.4 is 0 Å². The van der Waals surface area contributed by atoms with Crippen LogP contribution in [-0.2, 0) is 23.1 Å². The predicted octanol–water partition coefficient (Wildman–Crippen LogP) is 2.08. The van der Waals surface area contributed by atoms with Gasteiger partial charge >= 0.3 is 6.55 Å². The lowest BCUT2D eigenvalue weighted by Gasteiger charge is -2.17. The molecule has 2 aromatic heterocycles. The molecule has 2 heterocycles. The van der Waals surface area contributed by atoms with E-state index in [9.17, 15) is 17.2 Å². The van der Waals surface area contributed by atoms with Gasteiger partial charge in [0.2, 0.25) is 10.0 Å². The molecule has 2 aromatic rings. The molecule has 7 nitrogen and oxygen atoms in total. The lowest BCUT2D eigenvalue weighted by Crippen LogP contribution is -2.27. The molecule has 2 rings (SSSR count). The fourth-order valence-corrected chi connectivity index (χ4v) is 3.35. The molecule has 22 heavy (non-hydrogen) atoms. The van der Waals surface area contributed by atoms with Crippen LogP contribution in [0.5, 0.6) is 0 Å². The zero-order chi connectivity index (χ0) is 16.5. The van der Waals surface area contributed by atoms with Crippen molar-refractivity contribution in [2.75, 3.05) is 7.05 Å². The predicted molar refractivity (Wildman–Crippen MR) is 77.7 cm³/mol. The van der Waals surface area contributed by atoms with Crippen molar-refractivity contribution in [3.63, 3.8) is 0 Å². The summed E-state index contributed by atoms with van der Waals surface area (Å²) in [5.74, 6) is 0. The average molecular weight is 398 g/mol. The van der Waals surface area contributed by atoms with Gasteiger partial charge in [0.25, 0.3) is 0 Å². The van der Waals surface area contributed by atoms with E-state index < -0.39 is 16.6 Å². The lowest BCUT2D eigenvalue weighted by molar-refractivity contribution is 0.0563. The molecule has 0 fully saturated rings. The molecule has 0 N–H and O–H groups in total. The van der Waals surface area contributed by atoms with Gasteiger partial charge in [-0.1, -0.05) is 0 Å². The minimum Gasteiger partial charge on any atom is -0.267 e. The van der Waals surface area contributed by atoms with E-state index in [2.05, 4.69) is 26.1 Å². The molecule has 0 aliphatic carbocycles. The maximum absolute atomic E-state index is 12.5. The van der Waals surface area contributed by atoms with E-state index >= 15 is 0 Å². The molecule has 0 unspecified atom stereocenters. The van der Waals surface area contributed by atoms with Crippen molar-refractivity contribution < 1.29 is 17.2 Å². The van der Waals surface area contributed by atoms with Gasteiger partial charge in [-0.15, -0.1) is 0 Å². The Labute approximate surface area is 134 Å². The van der Waals surface area contributed by atoms with Crippen molar-refractivity contribution in [1.82, 2.24) is 23.9 Å². The summed E-state index contributed by atoms with van der Waals surface area (Å²) < 4.78 is 53.5. The largest absolute Gasteiger partial charge is 0.333 e. The first kappa shape index (κ1) is 17.0. The fourth-order valence-electron chi connectivity index (χ4n) is 1.85. The van der Waals surface area contributed by atoms with Gasteiger partial charge in [0.1, 0.15) is 4.90 Å².